The molecule has 1 aromatic carbocycles. The minimum Gasteiger partial charge on any atom is -0.495 e. The summed E-state index contributed by atoms with van der Waals surface area (Å²) in [5.74, 6) is 0.699. The SMILES string of the molecule is COc1ccc(CNCC2COCCO2)cc1Cl. The molecule has 0 spiro atoms. The smallest absolute Gasteiger partial charge is 0.137 e. The minimum atomic E-state index is 0.146. The van der Waals surface area contributed by atoms with E-state index in [0.29, 0.717) is 30.6 Å². The van der Waals surface area contributed by atoms with Gasteiger partial charge in [-0.05, 0) is 17.7 Å². The molecule has 1 atom stereocenters. The van der Waals surface area contributed by atoms with Crippen LogP contribution in [0.5, 0.6) is 5.75 Å². The third-order valence-corrected chi connectivity index (χ3v) is 3.10. The van der Waals surface area contributed by atoms with Gasteiger partial charge in [-0.25, -0.2) is 0 Å². The van der Waals surface area contributed by atoms with E-state index in [0.717, 1.165) is 18.7 Å². The van der Waals surface area contributed by atoms with Gasteiger partial charge >= 0.3 is 0 Å². The van der Waals surface area contributed by atoms with Crippen LogP contribution in [0.3, 0.4) is 0 Å². The maximum absolute atomic E-state index is 6.06. The van der Waals surface area contributed by atoms with Gasteiger partial charge in [0.1, 0.15) is 5.75 Å². The lowest BCUT2D eigenvalue weighted by Gasteiger charge is -2.23. The number of rotatable bonds is 5. The Hall–Kier alpha value is -0.810. The lowest BCUT2D eigenvalue weighted by molar-refractivity contribution is -0.0864. The van der Waals surface area contributed by atoms with Crippen LogP contribution in [0, 0.1) is 0 Å². The molecule has 1 aromatic rings. The highest BCUT2D eigenvalue weighted by molar-refractivity contribution is 6.32. The number of methoxy groups -OCH3 is 1. The molecule has 1 heterocycles. The fraction of sp³-hybridized carbons (Fsp3) is 0.538. The van der Waals surface area contributed by atoms with Crippen LogP contribution in [0.2, 0.25) is 5.02 Å². The van der Waals surface area contributed by atoms with Crippen LogP contribution >= 0.6 is 11.6 Å². The molecule has 100 valence electrons. The van der Waals surface area contributed by atoms with E-state index in [2.05, 4.69) is 5.32 Å². The van der Waals surface area contributed by atoms with Crippen molar-refractivity contribution in [2.75, 3.05) is 33.5 Å². The normalized spacial score (nSPS) is 19.8. The summed E-state index contributed by atoms with van der Waals surface area (Å²) in [5.41, 5.74) is 1.12. The average Bonchev–Trinajstić information content (AvgIpc) is 2.40. The van der Waals surface area contributed by atoms with Crippen LogP contribution in [0.4, 0.5) is 0 Å². The zero-order valence-electron chi connectivity index (χ0n) is 10.4. The maximum atomic E-state index is 6.06. The summed E-state index contributed by atoms with van der Waals surface area (Å²) in [4.78, 5) is 0. The van der Waals surface area contributed by atoms with Gasteiger partial charge in [0.15, 0.2) is 0 Å². The summed E-state index contributed by atoms with van der Waals surface area (Å²) in [6.07, 6.45) is 0.146. The maximum Gasteiger partial charge on any atom is 0.137 e. The van der Waals surface area contributed by atoms with Crippen LogP contribution in [0.1, 0.15) is 5.56 Å². The lowest BCUT2D eigenvalue weighted by Crippen LogP contribution is -2.37. The molecule has 1 unspecified atom stereocenters. The highest BCUT2D eigenvalue weighted by Gasteiger charge is 2.13. The number of hydrogen-bond donors (Lipinski definition) is 1. The van der Waals surface area contributed by atoms with Gasteiger partial charge in [0, 0.05) is 13.1 Å². The molecular formula is C13H18ClNO3. The number of nitrogens with one attached hydrogen (secondary N) is 1. The van der Waals surface area contributed by atoms with Crippen LogP contribution in [-0.4, -0.2) is 39.6 Å². The Morgan fingerprint density at radius 3 is 3.00 bits per heavy atom. The monoisotopic (exact) mass is 271 g/mol. The third kappa shape index (κ3) is 3.85. The second-order valence-electron chi connectivity index (χ2n) is 4.17. The Morgan fingerprint density at radius 1 is 1.44 bits per heavy atom. The highest BCUT2D eigenvalue weighted by atomic mass is 35.5. The molecule has 5 heteroatoms. The quantitative estimate of drug-likeness (QED) is 0.887. The van der Waals surface area contributed by atoms with Crippen molar-refractivity contribution in [1.29, 1.82) is 0 Å². The largest absolute Gasteiger partial charge is 0.495 e. The van der Waals surface area contributed by atoms with Gasteiger partial charge in [0.2, 0.25) is 0 Å². The summed E-state index contributed by atoms with van der Waals surface area (Å²) in [6.45, 7) is 3.58. The van der Waals surface area contributed by atoms with Gasteiger partial charge in [-0.15, -0.1) is 0 Å². The Balaban J connectivity index is 1.77. The second-order valence-corrected chi connectivity index (χ2v) is 4.57. The van der Waals surface area contributed by atoms with Gasteiger partial charge in [0.25, 0.3) is 0 Å². The first kappa shape index (κ1) is 13.6. The first-order valence-corrected chi connectivity index (χ1v) is 6.40. The number of hydrogen-bond acceptors (Lipinski definition) is 4. The van der Waals surface area contributed by atoms with Gasteiger partial charge in [0.05, 0.1) is 38.1 Å². The predicted molar refractivity (Wildman–Crippen MR) is 70.3 cm³/mol. The van der Waals surface area contributed by atoms with E-state index < -0.39 is 0 Å². The van der Waals surface area contributed by atoms with Gasteiger partial charge in [-0.2, -0.15) is 0 Å². The summed E-state index contributed by atoms with van der Waals surface area (Å²) in [7, 11) is 1.61. The summed E-state index contributed by atoms with van der Waals surface area (Å²) in [6, 6.07) is 5.78. The Labute approximate surface area is 112 Å². The number of ether oxygens (including phenoxy) is 3. The molecule has 0 saturated carbocycles. The van der Waals surface area contributed by atoms with Crippen molar-refractivity contribution < 1.29 is 14.2 Å². The zero-order chi connectivity index (χ0) is 12.8. The summed E-state index contributed by atoms with van der Waals surface area (Å²) >= 11 is 6.06. The highest BCUT2D eigenvalue weighted by Crippen LogP contribution is 2.24. The van der Waals surface area contributed by atoms with Crippen LogP contribution in [0.15, 0.2) is 18.2 Å². The molecule has 0 aliphatic carbocycles. The van der Waals surface area contributed by atoms with Crippen LogP contribution < -0.4 is 10.1 Å². The molecule has 1 fully saturated rings. The van der Waals surface area contributed by atoms with Crippen LogP contribution in [-0.2, 0) is 16.0 Å². The first-order chi connectivity index (χ1) is 8.79. The van der Waals surface area contributed by atoms with Gasteiger partial charge in [-0.3, -0.25) is 0 Å². The Morgan fingerprint density at radius 2 is 2.33 bits per heavy atom. The fourth-order valence-corrected chi connectivity index (χ4v) is 2.13. The molecule has 0 aromatic heterocycles. The van der Waals surface area contributed by atoms with E-state index >= 15 is 0 Å². The van der Waals surface area contributed by atoms with E-state index in [9.17, 15) is 0 Å². The van der Waals surface area contributed by atoms with Crippen molar-refractivity contribution in [3.05, 3.63) is 28.8 Å². The lowest BCUT2D eigenvalue weighted by atomic mass is 10.2. The zero-order valence-corrected chi connectivity index (χ0v) is 11.2. The second kappa shape index (κ2) is 6.95. The molecular weight excluding hydrogens is 254 g/mol. The average molecular weight is 272 g/mol. The molecule has 1 N–H and O–H groups in total. The molecule has 4 nitrogen and oxygen atoms in total. The van der Waals surface area contributed by atoms with Crippen molar-refractivity contribution in [3.63, 3.8) is 0 Å². The van der Waals surface area contributed by atoms with E-state index in [1.807, 2.05) is 18.2 Å². The van der Waals surface area contributed by atoms with Crippen molar-refractivity contribution in [2.45, 2.75) is 12.6 Å². The summed E-state index contributed by atoms with van der Waals surface area (Å²) in [5, 5.41) is 3.97. The van der Waals surface area contributed by atoms with Crippen molar-refractivity contribution in [2.24, 2.45) is 0 Å². The van der Waals surface area contributed by atoms with E-state index in [1.165, 1.54) is 0 Å². The Kier molecular flexibility index (Phi) is 5.26. The molecule has 0 bridgehead atoms. The molecule has 1 aliphatic heterocycles. The van der Waals surface area contributed by atoms with Crippen molar-refractivity contribution in [1.82, 2.24) is 5.32 Å². The molecule has 1 aliphatic rings. The molecule has 0 radical (unpaired) electrons. The molecule has 2 rings (SSSR count). The fourth-order valence-electron chi connectivity index (χ4n) is 1.85. The topological polar surface area (TPSA) is 39.7 Å². The standard InChI is InChI=1S/C13H18ClNO3/c1-16-13-3-2-10(6-12(13)14)7-15-8-11-9-17-4-5-18-11/h2-3,6,11,15H,4-5,7-9H2,1H3. The molecule has 18 heavy (non-hydrogen) atoms. The van der Waals surface area contributed by atoms with Gasteiger partial charge < -0.3 is 19.5 Å². The summed E-state index contributed by atoms with van der Waals surface area (Å²) < 4.78 is 16.0. The van der Waals surface area contributed by atoms with Crippen molar-refractivity contribution >= 4 is 11.6 Å². The third-order valence-electron chi connectivity index (χ3n) is 2.80. The van der Waals surface area contributed by atoms with Gasteiger partial charge in [-0.1, -0.05) is 17.7 Å². The number of halogens is 1. The minimum absolute atomic E-state index is 0.146. The number of benzene rings is 1. The van der Waals surface area contributed by atoms with E-state index in [-0.39, 0.29) is 6.10 Å². The van der Waals surface area contributed by atoms with E-state index in [4.69, 9.17) is 25.8 Å². The van der Waals surface area contributed by atoms with Crippen LogP contribution in [0.25, 0.3) is 0 Å². The molecule has 1 saturated heterocycles. The molecule has 0 amide bonds. The predicted octanol–water partition coefficient (Wildman–Crippen LogP) is 1.85. The van der Waals surface area contributed by atoms with E-state index in [1.54, 1.807) is 7.11 Å². The first-order valence-electron chi connectivity index (χ1n) is 6.02. The van der Waals surface area contributed by atoms with Crippen molar-refractivity contribution in [3.8, 4) is 5.75 Å². The Bertz CT molecular complexity index is 380.